The van der Waals surface area contributed by atoms with Crippen LogP contribution < -0.4 is 0 Å². The van der Waals surface area contributed by atoms with Gasteiger partial charge in [0.05, 0.1) is 3.79 Å². The summed E-state index contributed by atoms with van der Waals surface area (Å²) in [6.07, 6.45) is 0. The Morgan fingerprint density at radius 2 is 2.00 bits per heavy atom. The molecule has 1 saturated heterocycles. The first-order valence-electron chi connectivity index (χ1n) is 4.85. The standard InChI is InChI=1S/C9H12BrNO2S3/c1-7-6-8(15-9(7)10)16(12,13)11-2-4-14-5-3-11/h6H,2-5H2,1H3. The summed E-state index contributed by atoms with van der Waals surface area (Å²) >= 11 is 6.47. The van der Waals surface area contributed by atoms with E-state index >= 15 is 0 Å². The summed E-state index contributed by atoms with van der Waals surface area (Å²) in [6.45, 7) is 3.16. The third kappa shape index (κ3) is 2.48. The number of nitrogens with zero attached hydrogens (tertiary/aromatic N) is 1. The fourth-order valence-electron chi connectivity index (χ4n) is 1.47. The van der Waals surface area contributed by atoms with E-state index in [1.165, 1.54) is 11.3 Å². The minimum atomic E-state index is -3.26. The van der Waals surface area contributed by atoms with Crippen LogP contribution in [0.3, 0.4) is 0 Å². The van der Waals surface area contributed by atoms with Crippen LogP contribution in [-0.4, -0.2) is 37.3 Å². The lowest BCUT2D eigenvalue weighted by molar-refractivity contribution is 0.445. The lowest BCUT2D eigenvalue weighted by atomic mass is 10.4. The number of thiophene rings is 1. The number of hydrogen-bond acceptors (Lipinski definition) is 4. The molecule has 0 N–H and O–H groups in total. The Kier molecular flexibility index (Phi) is 4.01. The average Bonchev–Trinajstić information content (AvgIpc) is 2.61. The van der Waals surface area contributed by atoms with Crippen molar-refractivity contribution in [1.29, 1.82) is 0 Å². The molecule has 0 unspecified atom stereocenters. The van der Waals surface area contributed by atoms with Gasteiger partial charge in [-0.25, -0.2) is 8.42 Å². The zero-order chi connectivity index (χ0) is 11.8. The average molecular weight is 342 g/mol. The summed E-state index contributed by atoms with van der Waals surface area (Å²) in [5, 5.41) is 0. The van der Waals surface area contributed by atoms with Gasteiger partial charge in [0.2, 0.25) is 0 Å². The molecule has 7 heteroatoms. The molecular weight excluding hydrogens is 330 g/mol. The third-order valence-corrected chi connectivity index (χ3v) is 7.83. The smallest absolute Gasteiger partial charge is 0.206 e. The van der Waals surface area contributed by atoms with Crippen LogP contribution in [0.2, 0.25) is 0 Å². The Morgan fingerprint density at radius 1 is 1.38 bits per heavy atom. The fourth-order valence-corrected chi connectivity index (χ4v) is 6.43. The molecule has 0 saturated carbocycles. The fraction of sp³-hybridized carbons (Fsp3) is 0.556. The molecule has 0 atom stereocenters. The van der Waals surface area contributed by atoms with Gasteiger partial charge in [0.1, 0.15) is 4.21 Å². The first-order chi connectivity index (χ1) is 7.51. The molecule has 1 aromatic heterocycles. The molecule has 16 heavy (non-hydrogen) atoms. The normalized spacial score (nSPS) is 18.9. The molecule has 0 radical (unpaired) electrons. The van der Waals surface area contributed by atoms with Crippen LogP contribution >= 0.6 is 39.0 Å². The maximum absolute atomic E-state index is 12.3. The van der Waals surface area contributed by atoms with Gasteiger partial charge in [-0.15, -0.1) is 11.3 Å². The van der Waals surface area contributed by atoms with Crippen molar-refractivity contribution in [3.05, 3.63) is 15.4 Å². The molecule has 1 aliphatic heterocycles. The Hall–Kier alpha value is 0.440. The van der Waals surface area contributed by atoms with Crippen molar-refractivity contribution in [2.45, 2.75) is 11.1 Å². The predicted molar refractivity (Wildman–Crippen MR) is 72.8 cm³/mol. The van der Waals surface area contributed by atoms with Crippen LogP contribution in [0.5, 0.6) is 0 Å². The quantitative estimate of drug-likeness (QED) is 0.829. The Morgan fingerprint density at radius 3 is 2.50 bits per heavy atom. The highest BCUT2D eigenvalue weighted by molar-refractivity contribution is 9.11. The molecule has 1 aromatic rings. The molecule has 0 bridgehead atoms. The summed E-state index contributed by atoms with van der Waals surface area (Å²) in [6, 6.07) is 1.74. The maximum atomic E-state index is 12.3. The van der Waals surface area contributed by atoms with Gasteiger partial charge >= 0.3 is 0 Å². The number of halogens is 1. The number of thioether (sulfide) groups is 1. The van der Waals surface area contributed by atoms with Crippen molar-refractivity contribution in [1.82, 2.24) is 4.31 Å². The second-order valence-corrected chi connectivity index (χ2v) is 9.30. The maximum Gasteiger partial charge on any atom is 0.252 e. The highest BCUT2D eigenvalue weighted by Crippen LogP contribution is 2.32. The Balaban J connectivity index is 2.30. The summed E-state index contributed by atoms with van der Waals surface area (Å²) in [5.74, 6) is 1.79. The first kappa shape index (κ1) is 12.9. The number of hydrogen-bond donors (Lipinski definition) is 0. The van der Waals surface area contributed by atoms with Crippen LogP contribution in [0.15, 0.2) is 14.1 Å². The molecule has 2 rings (SSSR count). The molecule has 0 aliphatic carbocycles. The SMILES string of the molecule is Cc1cc(S(=O)(=O)N2CCSCC2)sc1Br. The zero-order valence-electron chi connectivity index (χ0n) is 8.77. The molecule has 2 heterocycles. The summed E-state index contributed by atoms with van der Waals surface area (Å²) < 4.78 is 27.5. The number of rotatable bonds is 2. The van der Waals surface area contributed by atoms with Gasteiger partial charge in [-0.3, -0.25) is 0 Å². The van der Waals surface area contributed by atoms with E-state index in [4.69, 9.17) is 0 Å². The predicted octanol–water partition coefficient (Wildman–Crippen LogP) is 2.56. The lowest BCUT2D eigenvalue weighted by Gasteiger charge is -2.24. The van der Waals surface area contributed by atoms with Gasteiger partial charge in [0.15, 0.2) is 0 Å². The summed E-state index contributed by atoms with van der Waals surface area (Å²) in [5.41, 5.74) is 0.981. The summed E-state index contributed by atoms with van der Waals surface area (Å²) in [4.78, 5) is 0. The number of aryl methyl sites for hydroxylation is 1. The van der Waals surface area contributed by atoms with Gasteiger partial charge in [-0.2, -0.15) is 16.1 Å². The third-order valence-electron chi connectivity index (χ3n) is 2.40. The van der Waals surface area contributed by atoms with E-state index in [9.17, 15) is 8.42 Å². The minimum absolute atomic E-state index is 0.448. The van der Waals surface area contributed by atoms with Crippen molar-refractivity contribution in [2.75, 3.05) is 24.6 Å². The van der Waals surface area contributed by atoms with Crippen LogP contribution in [0.25, 0.3) is 0 Å². The van der Waals surface area contributed by atoms with Crippen molar-refractivity contribution in [2.24, 2.45) is 0 Å². The largest absolute Gasteiger partial charge is 0.252 e. The molecule has 90 valence electrons. The van der Waals surface area contributed by atoms with E-state index in [0.717, 1.165) is 20.9 Å². The van der Waals surface area contributed by atoms with E-state index in [-0.39, 0.29) is 0 Å². The summed E-state index contributed by atoms with van der Waals surface area (Å²) in [7, 11) is -3.26. The second kappa shape index (κ2) is 4.97. The molecule has 0 spiro atoms. The van der Waals surface area contributed by atoms with Crippen LogP contribution in [0.4, 0.5) is 0 Å². The van der Waals surface area contributed by atoms with Gasteiger partial charge in [-0.1, -0.05) is 0 Å². The molecule has 1 fully saturated rings. The van der Waals surface area contributed by atoms with Crippen LogP contribution in [0.1, 0.15) is 5.56 Å². The van der Waals surface area contributed by atoms with Crippen molar-refractivity contribution >= 4 is 49.1 Å². The van der Waals surface area contributed by atoms with E-state index in [1.807, 2.05) is 6.92 Å². The van der Waals surface area contributed by atoms with Crippen molar-refractivity contribution in [3.63, 3.8) is 0 Å². The Labute approximate surface area is 112 Å². The van der Waals surface area contributed by atoms with Crippen molar-refractivity contribution in [3.8, 4) is 0 Å². The first-order valence-corrected chi connectivity index (χ1v) is 9.06. The molecule has 0 amide bonds. The van der Waals surface area contributed by atoms with E-state index in [2.05, 4.69) is 15.9 Å². The van der Waals surface area contributed by atoms with Gasteiger partial charge < -0.3 is 0 Å². The van der Waals surface area contributed by atoms with Gasteiger partial charge in [0.25, 0.3) is 10.0 Å². The van der Waals surface area contributed by atoms with Gasteiger partial charge in [0, 0.05) is 24.6 Å². The Bertz CT molecular complexity index is 457. The topological polar surface area (TPSA) is 37.4 Å². The monoisotopic (exact) mass is 341 g/mol. The second-order valence-electron chi connectivity index (χ2n) is 3.54. The minimum Gasteiger partial charge on any atom is -0.206 e. The van der Waals surface area contributed by atoms with Crippen LogP contribution in [0, 0.1) is 6.92 Å². The molecule has 3 nitrogen and oxygen atoms in total. The molecule has 0 aromatic carbocycles. The number of sulfonamides is 1. The van der Waals surface area contributed by atoms with E-state index < -0.39 is 10.0 Å². The zero-order valence-corrected chi connectivity index (χ0v) is 12.8. The lowest BCUT2D eigenvalue weighted by Crippen LogP contribution is -2.37. The van der Waals surface area contributed by atoms with Gasteiger partial charge in [-0.05, 0) is 34.5 Å². The van der Waals surface area contributed by atoms with Crippen LogP contribution in [-0.2, 0) is 10.0 Å². The molecule has 1 aliphatic rings. The van der Waals surface area contributed by atoms with Crippen molar-refractivity contribution < 1.29 is 8.42 Å². The highest BCUT2D eigenvalue weighted by Gasteiger charge is 2.27. The van der Waals surface area contributed by atoms with E-state index in [1.54, 1.807) is 22.1 Å². The molecular formula is C9H12BrNO2S3. The van der Waals surface area contributed by atoms with E-state index in [0.29, 0.717) is 17.3 Å². The highest BCUT2D eigenvalue weighted by atomic mass is 79.9.